The summed E-state index contributed by atoms with van der Waals surface area (Å²) >= 11 is 1.35. The fourth-order valence-corrected chi connectivity index (χ4v) is 4.05. The molecule has 0 bridgehead atoms. The highest BCUT2D eigenvalue weighted by molar-refractivity contribution is 7.99. The molecule has 1 aliphatic heterocycles. The third-order valence-electron chi connectivity index (χ3n) is 3.94. The van der Waals surface area contributed by atoms with E-state index in [9.17, 15) is 22.8 Å². The molecule has 1 saturated heterocycles. The molecular weight excluding hydrogens is 367 g/mol. The standard InChI is InChI=1S/C18H22F3NO3S/c1-4-15(23)22-14(17(24)25-9-11(2)3)10-26-16(22)12-5-7-13(8-6-12)18(19,20)21/h5-8,11,14,16H,4,9-10H2,1-3H3. The van der Waals surface area contributed by atoms with E-state index in [2.05, 4.69) is 0 Å². The number of esters is 1. The van der Waals surface area contributed by atoms with Crippen LogP contribution in [0, 0.1) is 5.92 Å². The van der Waals surface area contributed by atoms with E-state index in [-0.39, 0.29) is 24.9 Å². The Morgan fingerprint density at radius 2 is 1.88 bits per heavy atom. The van der Waals surface area contributed by atoms with E-state index in [0.29, 0.717) is 11.3 Å². The third-order valence-corrected chi connectivity index (χ3v) is 5.27. The molecule has 1 fully saturated rings. The van der Waals surface area contributed by atoms with Gasteiger partial charge in [-0.3, -0.25) is 4.79 Å². The van der Waals surface area contributed by atoms with E-state index in [1.54, 1.807) is 6.92 Å². The molecule has 2 rings (SSSR count). The molecule has 144 valence electrons. The average Bonchev–Trinajstić information content (AvgIpc) is 3.03. The van der Waals surface area contributed by atoms with Gasteiger partial charge in [0.05, 0.1) is 12.2 Å². The largest absolute Gasteiger partial charge is 0.464 e. The van der Waals surface area contributed by atoms with Gasteiger partial charge in [-0.1, -0.05) is 32.9 Å². The van der Waals surface area contributed by atoms with Crippen molar-refractivity contribution >= 4 is 23.6 Å². The van der Waals surface area contributed by atoms with E-state index in [1.165, 1.54) is 28.8 Å². The maximum Gasteiger partial charge on any atom is 0.416 e. The summed E-state index contributed by atoms with van der Waals surface area (Å²) in [6.07, 6.45) is -4.21. The fraction of sp³-hybridized carbons (Fsp3) is 0.556. The summed E-state index contributed by atoms with van der Waals surface area (Å²) in [5.41, 5.74) is -0.186. The van der Waals surface area contributed by atoms with Gasteiger partial charge in [0, 0.05) is 12.2 Å². The molecule has 0 aliphatic carbocycles. The molecule has 8 heteroatoms. The first-order chi connectivity index (χ1) is 12.1. The Morgan fingerprint density at radius 3 is 2.38 bits per heavy atom. The van der Waals surface area contributed by atoms with Gasteiger partial charge in [-0.05, 0) is 23.6 Å². The predicted molar refractivity (Wildman–Crippen MR) is 93.4 cm³/mol. The van der Waals surface area contributed by atoms with Crippen LogP contribution in [0.5, 0.6) is 0 Å². The molecule has 0 spiro atoms. The number of hydrogen-bond acceptors (Lipinski definition) is 4. The average molecular weight is 389 g/mol. The normalized spacial score (nSPS) is 20.5. The van der Waals surface area contributed by atoms with Crippen LogP contribution in [0.4, 0.5) is 13.2 Å². The molecule has 1 heterocycles. The molecule has 1 aromatic rings. The van der Waals surface area contributed by atoms with Gasteiger partial charge >= 0.3 is 12.1 Å². The number of alkyl halides is 3. The van der Waals surface area contributed by atoms with Gasteiger partial charge in [0.25, 0.3) is 0 Å². The minimum Gasteiger partial charge on any atom is -0.464 e. The van der Waals surface area contributed by atoms with Crippen molar-refractivity contribution in [3.05, 3.63) is 35.4 Å². The van der Waals surface area contributed by atoms with Crippen molar-refractivity contribution in [3.63, 3.8) is 0 Å². The van der Waals surface area contributed by atoms with Gasteiger partial charge in [0.1, 0.15) is 11.4 Å². The van der Waals surface area contributed by atoms with Crippen LogP contribution in [0.15, 0.2) is 24.3 Å². The number of carbonyl (C=O) groups excluding carboxylic acids is 2. The Hall–Kier alpha value is -1.70. The minimum atomic E-state index is -4.41. The number of halogens is 3. The van der Waals surface area contributed by atoms with Crippen LogP contribution < -0.4 is 0 Å². The van der Waals surface area contributed by atoms with Gasteiger partial charge in [0.15, 0.2) is 0 Å². The van der Waals surface area contributed by atoms with Crippen LogP contribution >= 0.6 is 11.8 Å². The predicted octanol–water partition coefficient (Wildman–Crippen LogP) is 4.26. The number of hydrogen-bond donors (Lipinski definition) is 0. The molecule has 2 atom stereocenters. The molecule has 1 aliphatic rings. The van der Waals surface area contributed by atoms with Crippen LogP contribution in [0.1, 0.15) is 43.7 Å². The SMILES string of the molecule is CCC(=O)N1C(C(=O)OCC(C)C)CSC1c1ccc(C(F)(F)F)cc1. The highest BCUT2D eigenvalue weighted by atomic mass is 32.2. The van der Waals surface area contributed by atoms with Gasteiger partial charge in [0.2, 0.25) is 5.91 Å². The summed E-state index contributed by atoms with van der Waals surface area (Å²) in [4.78, 5) is 26.2. The van der Waals surface area contributed by atoms with Crippen molar-refractivity contribution in [2.24, 2.45) is 5.92 Å². The van der Waals surface area contributed by atoms with Crippen LogP contribution in [-0.4, -0.2) is 35.2 Å². The number of ether oxygens (including phenoxy) is 1. The lowest BCUT2D eigenvalue weighted by molar-refractivity contribution is -0.155. The highest BCUT2D eigenvalue weighted by Gasteiger charge is 2.42. The molecule has 0 saturated carbocycles. The van der Waals surface area contributed by atoms with Crippen LogP contribution in [-0.2, 0) is 20.5 Å². The zero-order valence-electron chi connectivity index (χ0n) is 14.9. The van der Waals surface area contributed by atoms with E-state index < -0.39 is 29.1 Å². The topological polar surface area (TPSA) is 46.6 Å². The summed E-state index contributed by atoms with van der Waals surface area (Å²) in [5.74, 6) is -0.170. The van der Waals surface area contributed by atoms with Gasteiger partial charge in [-0.25, -0.2) is 4.79 Å². The van der Waals surface area contributed by atoms with Crippen molar-refractivity contribution in [1.82, 2.24) is 4.90 Å². The lowest BCUT2D eigenvalue weighted by atomic mass is 10.1. The molecule has 26 heavy (non-hydrogen) atoms. The Bertz CT molecular complexity index is 646. The number of thioether (sulfide) groups is 1. The summed E-state index contributed by atoms with van der Waals surface area (Å²) in [7, 11) is 0. The molecule has 0 aromatic heterocycles. The highest BCUT2D eigenvalue weighted by Crippen LogP contribution is 2.42. The van der Waals surface area contributed by atoms with Gasteiger partial charge in [-0.15, -0.1) is 11.8 Å². The summed E-state index contributed by atoms with van der Waals surface area (Å²) in [6, 6.07) is 3.99. The van der Waals surface area contributed by atoms with E-state index >= 15 is 0 Å². The van der Waals surface area contributed by atoms with Crippen molar-refractivity contribution in [2.75, 3.05) is 12.4 Å². The van der Waals surface area contributed by atoms with Crippen molar-refractivity contribution in [2.45, 2.75) is 44.8 Å². The van der Waals surface area contributed by atoms with Gasteiger partial charge < -0.3 is 9.64 Å². The zero-order valence-corrected chi connectivity index (χ0v) is 15.7. The zero-order chi connectivity index (χ0) is 19.5. The van der Waals surface area contributed by atoms with E-state index in [0.717, 1.165) is 12.1 Å². The van der Waals surface area contributed by atoms with Crippen LogP contribution in [0.25, 0.3) is 0 Å². The second-order valence-corrected chi connectivity index (χ2v) is 7.61. The van der Waals surface area contributed by atoms with Crippen molar-refractivity contribution < 1.29 is 27.5 Å². The first kappa shape index (κ1) is 20.6. The lowest BCUT2D eigenvalue weighted by Gasteiger charge is -2.28. The molecule has 0 radical (unpaired) electrons. The smallest absolute Gasteiger partial charge is 0.416 e. The lowest BCUT2D eigenvalue weighted by Crippen LogP contribution is -2.43. The van der Waals surface area contributed by atoms with Gasteiger partial charge in [-0.2, -0.15) is 13.2 Å². The Kier molecular flexibility index (Phi) is 6.60. The van der Waals surface area contributed by atoms with Crippen molar-refractivity contribution in [1.29, 1.82) is 0 Å². The summed E-state index contributed by atoms with van der Waals surface area (Å²) in [5, 5.41) is -0.499. The molecular formula is C18H22F3NO3S. The number of carbonyl (C=O) groups is 2. The molecule has 2 unspecified atom stereocenters. The second-order valence-electron chi connectivity index (χ2n) is 6.50. The first-order valence-corrected chi connectivity index (χ1v) is 9.46. The molecule has 1 amide bonds. The third kappa shape index (κ3) is 4.72. The molecule has 1 aromatic carbocycles. The fourth-order valence-electron chi connectivity index (χ4n) is 2.61. The Balaban J connectivity index is 2.22. The summed E-state index contributed by atoms with van der Waals surface area (Å²) < 4.78 is 43.5. The number of nitrogens with zero attached hydrogens (tertiary/aromatic N) is 1. The minimum absolute atomic E-state index is 0.175. The number of amides is 1. The monoisotopic (exact) mass is 389 g/mol. The molecule has 4 nitrogen and oxygen atoms in total. The second kappa shape index (κ2) is 8.33. The number of rotatable bonds is 5. The quantitative estimate of drug-likeness (QED) is 0.706. The first-order valence-electron chi connectivity index (χ1n) is 8.41. The maximum absolute atomic E-state index is 12.7. The van der Waals surface area contributed by atoms with Crippen LogP contribution in [0.3, 0.4) is 0 Å². The Labute approximate surface area is 155 Å². The Morgan fingerprint density at radius 1 is 1.27 bits per heavy atom. The maximum atomic E-state index is 12.7. The molecule has 0 N–H and O–H groups in total. The summed E-state index contributed by atoms with van der Waals surface area (Å²) in [6.45, 7) is 5.78. The van der Waals surface area contributed by atoms with Crippen molar-refractivity contribution in [3.8, 4) is 0 Å². The number of benzene rings is 1. The van der Waals surface area contributed by atoms with E-state index in [4.69, 9.17) is 4.74 Å². The van der Waals surface area contributed by atoms with Crippen LogP contribution in [0.2, 0.25) is 0 Å². The van der Waals surface area contributed by atoms with E-state index in [1.807, 2.05) is 13.8 Å².